The number of fused-ring (bicyclic) bond motifs is 1. The first-order valence-electron chi connectivity index (χ1n) is 6.37. The molecule has 0 aromatic heterocycles. The number of nitrogens with one attached hydrogen (secondary N) is 2. The number of hydrogen-bond acceptors (Lipinski definition) is 4. The SMILES string of the molecule is CC(C)CCNc1c([N+](=O)[O-])ccc2c1CCN2. The van der Waals surface area contributed by atoms with Gasteiger partial charge in [0.2, 0.25) is 0 Å². The van der Waals surface area contributed by atoms with Crippen molar-refractivity contribution < 1.29 is 4.92 Å². The number of rotatable bonds is 5. The highest BCUT2D eigenvalue weighted by atomic mass is 16.6. The molecule has 1 aromatic carbocycles. The van der Waals surface area contributed by atoms with Crippen molar-refractivity contribution in [2.75, 3.05) is 23.7 Å². The Bertz CT molecular complexity index is 458. The van der Waals surface area contributed by atoms with Gasteiger partial charge in [-0.1, -0.05) is 13.8 Å². The normalized spacial score (nSPS) is 13.3. The zero-order valence-corrected chi connectivity index (χ0v) is 10.8. The summed E-state index contributed by atoms with van der Waals surface area (Å²) in [7, 11) is 0. The maximum absolute atomic E-state index is 11.1. The largest absolute Gasteiger partial charge is 0.384 e. The lowest BCUT2D eigenvalue weighted by Crippen LogP contribution is -2.08. The number of nitro benzene ring substituents is 1. The monoisotopic (exact) mass is 249 g/mol. The van der Waals surface area contributed by atoms with Gasteiger partial charge in [0.15, 0.2) is 0 Å². The minimum absolute atomic E-state index is 0.182. The van der Waals surface area contributed by atoms with E-state index in [1.54, 1.807) is 12.1 Å². The molecule has 2 N–H and O–H groups in total. The number of benzene rings is 1. The Balaban J connectivity index is 2.24. The average molecular weight is 249 g/mol. The lowest BCUT2D eigenvalue weighted by Gasteiger charge is -2.12. The first-order chi connectivity index (χ1) is 8.59. The van der Waals surface area contributed by atoms with Crippen molar-refractivity contribution in [2.45, 2.75) is 26.7 Å². The Morgan fingerprint density at radius 3 is 2.94 bits per heavy atom. The lowest BCUT2D eigenvalue weighted by molar-refractivity contribution is -0.384. The first-order valence-corrected chi connectivity index (χ1v) is 6.37. The highest BCUT2D eigenvalue weighted by Gasteiger charge is 2.23. The van der Waals surface area contributed by atoms with E-state index in [-0.39, 0.29) is 10.6 Å². The highest BCUT2D eigenvalue weighted by molar-refractivity contribution is 5.76. The standard InChI is InChI=1S/C13H19N3O2/c1-9(2)5-7-15-13-10-6-8-14-11(10)3-4-12(13)16(17)18/h3-4,9,14-15H,5-8H2,1-2H3. The third kappa shape index (κ3) is 2.55. The molecule has 1 aliphatic heterocycles. The quantitative estimate of drug-likeness (QED) is 0.621. The molecule has 0 spiro atoms. The first kappa shape index (κ1) is 12.7. The summed E-state index contributed by atoms with van der Waals surface area (Å²) in [6.45, 7) is 5.92. The second kappa shape index (κ2) is 5.25. The van der Waals surface area contributed by atoms with E-state index >= 15 is 0 Å². The van der Waals surface area contributed by atoms with E-state index in [4.69, 9.17) is 0 Å². The fourth-order valence-corrected chi connectivity index (χ4v) is 2.22. The number of hydrogen-bond donors (Lipinski definition) is 2. The van der Waals surface area contributed by atoms with Crippen molar-refractivity contribution >= 4 is 17.1 Å². The van der Waals surface area contributed by atoms with Crippen molar-refractivity contribution in [1.29, 1.82) is 0 Å². The average Bonchev–Trinajstić information content (AvgIpc) is 2.76. The smallest absolute Gasteiger partial charge is 0.292 e. The van der Waals surface area contributed by atoms with E-state index in [0.717, 1.165) is 37.2 Å². The van der Waals surface area contributed by atoms with E-state index in [0.29, 0.717) is 11.6 Å². The molecule has 1 heterocycles. The molecule has 0 atom stereocenters. The molecule has 2 rings (SSSR count). The van der Waals surface area contributed by atoms with Crippen LogP contribution in [0, 0.1) is 16.0 Å². The van der Waals surface area contributed by atoms with Crippen LogP contribution in [0.2, 0.25) is 0 Å². The minimum atomic E-state index is -0.309. The molecule has 0 unspecified atom stereocenters. The van der Waals surface area contributed by atoms with Crippen LogP contribution < -0.4 is 10.6 Å². The van der Waals surface area contributed by atoms with Crippen LogP contribution in [0.25, 0.3) is 0 Å². The van der Waals surface area contributed by atoms with Crippen LogP contribution in [-0.2, 0) is 6.42 Å². The second-order valence-corrected chi connectivity index (χ2v) is 5.03. The van der Waals surface area contributed by atoms with Gasteiger partial charge in [0.05, 0.1) is 4.92 Å². The predicted molar refractivity (Wildman–Crippen MR) is 73.2 cm³/mol. The fraction of sp³-hybridized carbons (Fsp3) is 0.538. The molecular formula is C13H19N3O2. The van der Waals surface area contributed by atoms with Crippen LogP contribution in [0.5, 0.6) is 0 Å². The van der Waals surface area contributed by atoms with Crippen molar-refractivity contribution in [3.63, 3.8) is 0 Å². The summed E-state index contributed by atoms with van der Waals surface area (Å²) in [5.41, 5.74) is 2.95. The molecule has 0 aliphatic carbocycles. The van der Waals surface area contributed by atoms with Crippen LogP contribution in [-0.4, -0.2) is 18.0 Å². The molecule has 0 fully saturated rings. The fourth-order valence-electron chi connectivity index (χ4n) is 2.22. The molecule has 1 aliphatic rings. The summed E-state index contributed by atoms with van der Waals surface area (Å²) in [6, 6.07) is 3.38. The molecule has 0 saturated carbocycles. The summed E-state index contributed by atoms with van der Waals surface area (Å²) in [5.74, 6) is 0.589. The van der Waals surface area contributed by atoms with Gasteiger partial charge < -0.3 is 10.6 Å². The van der Waals surface area contributed by atoms with Gasteiger partial charge in [-0.25, -0.2) is 0 Å². The van der Waals surface area contributed by atoms with Crippen molar-refractivity contribution in [3.05, 3.63) is 27.8 Å². The Hall–Kier alpha value is -1.78. The zero-order chi connectivity index (χ0) is 13.1. The van der Waals surface area contributed by atoms with Gasteiger partial charge in [0, 0.05) is 30.4 Å². The number of anilines is 2. The van der Waals surface area contributed by atoms with Crippen LogP contribution in [0.4, 0.5) is 17.1 Å². The molecular weight excluding hydrogens is 230 g/mol. The van der Waals surface area contributed by atoms with Crippen LogP contribution >= 0.6 is 0 Å². The number of nitrogens with zero attached hydrogens (tertiary/aromatic N) is 1. The Morgan fingerprint density at radius 2 is 2.28 bits per heavy atom. The van der Waals surface area contributed by atoms with Gasteiger partial charge in [-0.3, -0.25) is 10.1 Å². The van der Waals surface area contributed by atoms with Gasteiger partial charge >= 0.3 is 0 Å². The summed E-state index contributed by atoms with van der Waals surface area (Å²) < 4.78 is 0. The summed E-state index contributed by atoms with van der Waals surface area (Å²) in [5, 5.41) is 17.6. The maximum Gasteiger partial charge on any atom is 0.292 e. The van der Waals surface area contributed by atoms with Crippen molar-refractivity contribution in [1.82, 2.24) is 0 Å². The molecule has 0 bridgehead atoms. The van der Waals surface area contributed by atoms with E-state index in [1.807, 2.05) is 0 Å². The molecule has 1 aromatic rings. The van der Waals surface area contributed by atoms with Gasteiger partial charge in [0.1, 0.15) is 5.69 Å². The molecule has 98 valence electrons. The maximum atomic E-state index is 11.1. The molecule has 5 heteroatoms. The lowest BCUT2D eigenvalue weighted by atomic mass is 10.1. The van der Waals surface area contributed by atoms with Crippen LogP contribution in [0.15, 0.2) is 12.1 Å². The summed E-state index contributed by atoms with van der Waals surface area (Å²) in [6.07, 6.45) is 1.86. The number of nitro groups is 1. The molecule has 0 amide bonds. The third-order valence-corrected chi connectivity index (χ3v) is 3.20. The molecule has 0 saturated heterocycles. The highest BCUT2D eigenvalue weighted by Crippen LogP contribution is 2.36. The molecule has 5 nitrogen and oxygen atoms in total. The van der Waals surface area contributed by atoms with Gasteiger partial charge in [-0.05, 0) is 24.8 Å². The second-order valence-electron chi connectivity index (χ2n) is 5.03. The summed E-state index contributed by atoms with van der Waals surface area (Å²) in [4.78, 5) is 10.8. The molecule has 0 radical (unpaired) electrons. The van der Waals surface area contributed by atoms with E-state index in [9.17, 15) is 10.1 Å². The summed E-state index contributed by atoms with van der Waals surface area (Å²) >= 11 is 0. The third-order valence-electron chi connectivity index (χ3n) is 3.20. The van der Waals surface area contributed by atoms with Gasteiger partial charge in [-0.2, -0.15) is 0 Å². The Kier molecular flexibility index (Phi) is 3.69. The van der Waals surface area contributed by atoms with Crippen LogP contribution in [0.3, 0.4) is 0 Å². The molecule has 18 heavy (non-hydrogen) atoms. The Morgan fingerprint density at radius 1 is 1.50 bits per heavy atom. The van der Waals surface area contributed by atoms with E-state index < -0.39 is 0 Å². The van der Waals surface area contributed by atoms with Crippen molar-refractivity contribution in [2.24, 2.45) is 5.92 Å². The topological polar surface area (TPSA) is 67.2 Å². The minimum Gasteiger partial charge on any atom is -0.384 e. The van der Waals surface area contributed by atoms with Gasteiger partial charge in [0.25, 0.3) is 5.69 Å². The predicted octanol–water partition coefficient (Wildman–Crippen LogP) is 3.02. The van der Waals surface area contributed by atoms with Crippen LogP contribution in [0.1, 0.15) is 25.8 Å². The zero-order valence-electron chi connectivity index (χ0n) is 10.8. The van der Waals surface area contributed by atoms with E-state index in [1.165, 1.54) is 0 Å². The van der Waals surface area contributed by atoms with Crippen molar-refractivity contribution in [3.8, 4) is 0 Å². The van der Waals surface area contributed by atoms with E-state index in [2.05, 4.69) is 24.5 Å². The van der Waals surface area contributed by atoms with Gasteiger partial charge in [-0.15, -0.1) is 0 Å². The Labute approximate surface area is 107 Å².